The Morgan fingerprint density at radius 2 is 1.93 bits per heavy atom. The van der Waals surface area contributed by atoms with Gasteiger partial charge in [0.1, 0.15) is 17.4 Å². The van der Waals surface area contributed by atoms with Gasteiger partial charge < -0.3 is 15.7 Å². The maximum absolute atomic E-state index is 12.2. The van der Waals surface area contributed by atoms with Crippen LogP contribution in [0.4, 0.5) is 5.69 Å². The molecule has 0 aliphatic heterocycles. The summed E-state index contributed by atoms with van der Waals surface area (Å²) in [5, 5.41) is 29.0. The highest BCUT2D eigenvalue weighted by Crippen LogP contribution is 2.20. The van der Waals surface area contributed by atoms with Crippen molar-refractivity contribution in [3.63, 3.8) is 0 Å². The molecule has 140 valence electrons. The average molecular weight is 386 g/mol. The van der Waals surface area contributed by atoms with Gasteiger partial charge in [0.25, 0.3) is 5.91 Å². The number of hydrogen-bond acceptors (Lipinski definition) is 6. The van der Waals surface area contributed by atoms with E-state index in [0.717, 1.165) is 5.56 Å². The minimum atomic E-state index is -3.75. The van der Waals surface area contributed by atoms with E-state index in [2.05, 4.69) is 10.6 Å². The predicted molar refractivity (Wildman–Crippen MR) is 99.8 cm³/mol. The summed E-state index contributed by atoms with van der Waals surface area (Å²) in [7, 11) is -3.75. The molecule has 0 saturated heterocycles. The van der Waals surface area contributed by atoms with Crippen LogP contribution < -0.4 is 15.8 Å². The lowest BCUT2D eigenvalue weighted by atomic mass is 10.2. The van der Waals surface area contributed by atoms with Gasteiger partial charge in [0.15, 0.2) is 0 Å². The number of amides is 1. The van der Waals surface area contributed by atoms with Gasteiger partial charge in [-0.3, -0.25) is 4.79 Å². The van der Waals surface area contributed by atoms with Gasteiger partial charge >= 0.3 is 0 Å². The van der Waals surface area contributed by atoms with Crippen LogP contribution in [0.25, 0.3) is 0 Å². The van der Waals surface area contributed by atoms with Crippen LogP contribution in [0.3, 0.4) is 0 Å². The molecule has 1 amide bonds. The fraction of sp³-hybridized carbons (Fsp3) is 0.111. The van der Waals surface area contributed by atoms with Gasteiger partial charge in [-0.25, -0.2) is 13.6 Å². The molecule has 0 fully saturated rings. The number of nitrogens with zero attached hydrogens (tertiary/aromatic N) is 1. The second kappa shape index (κ2) is 8.35. The summed E-state index contributed by atoms with van der Waals surface area (Å²) in [5.41, 5.74) is 1.75. The molecule has 9 heteroatoms. The number of carbonyl (C=O) groups is 1. The normalized spacial score (nSPS) is 11.5. The summed E-state index contributed by atoms with van der Waals surface area (Å²) in [5.74, 6) is -0.514. The highest BCUT2D eigenvalue weighted by Gasteiger charge is 2.11. The van der Waals surface area contributed by atoms with Crippen molar-refractivity contribution in [2.75, 3.05) is 5.32 Å². The van der Waals surface area contributed by atoms with E-state index in [-0.39, 0.29) is 22.8 Å². The number of phenols is 1. The molecule has 2 aromatic rings. The first-order valence-electron chi connectivity index (χ1n) is 7.77. The van der Waals surface area contributed by atoms with Crippen LogP contribution in [0.1, 0.15) is 11.1 Å². The molecule has 0 radical (unpaired) electrons. The number of anilines is 1. The molecule has 0 heterocycles. The van der Waals surface area contributed by atoms with Crippen molar-refractivity contribution < 1.29 is 18.3 Å². The summed E-state index contributed by atoms with van der Waals surface area (Å²) < 4.78 is 22.4. The molecule has 2 rings (SSSR count). The van der Waals surface area contributed by atoms with E-state index < -0.39 is 15.9 Å². The van der Waals surface area contributed by atoms with Crippen molar-refractivity contribution in [1.29, 1.82) is 5.26 Å². The topological polar surface area (TPSA) is 145 Å². The number of primary sulfonamides is 1. The van der Waals surface area contributed by atoms with Crippen molar-refractivity contribution in [3.05, 3.63) is 65.4 Å². The first-order chi connectivity index (χ1) is 12.7. The summed E-state index contributed by atoms with van der Waals surface area (Å²) in [6.07, 6.45) is 1.28. The zero-order chi connectivity index (χ0) is 20.0. The van der Waals surface area contributed by atoms with Gasteiger partial charge in [-0.2, -0.15) is 5.26 Å². The summed E-state index contributed by atoms with van der Waals surface area (Å²) in [6, 6.07) is 12.2. The molecule has 2 aromatic carbocycles. The molecule has 0 aliphatic rings. The number of hydrogen-bond donors (Lipinski definition) is 4. The van der Waals surface area contributed by atoms with E-state index in [1.54, 1.807) is 19.1 Å². The lowest BCUT2D eigenvalue weighted by Gasteiger charge is -2.08. The Bertz CT molecular complexity index is 1020. The maximum Gasteiger partial charge on any atom is 0.267 e. The summed E-state index contributed by atoms with van der Waals surface area (Å²) in [4.78, 5) is 12.2. The molecule has 0 atom stereocenters. The summed E-state index contributed by atoms with van der Waals surface area (Å²) in [6.45, 7) is 2.00. The van der Waals surface area contributed by atoms with Gasteiger partial charge in [-0.1, -0.05) is 12.1 Å². The third-order valence-corrected chi connectivity index (χ3v) is 4.56. The van der Waals surface area contributed by atoms with E-state index in [4.69, 9.17) is 5.14 Å². The second-order valence-corrected chi connectivity index (χ2v) is 7.25. The minimum absolute atomic E-state index is 0.00292. The Kier molecular flexibility index (Phi) is 6.18. The van der Waals surface area contributed by atoms with Crippen LogP contribution >= 0.6 is 0 Å². The molecule has 0 aromatic heterocycles. The van der Waals surface area contributed by atoms with Crippen molar-refractivity contribution in [2.24, 2.45) is 5.14 Å². The number of aryl methyl sites for hydroxylation is 1. The van der Waals surface area contributed by atoms with Gasteiger partial charge in [0, 0.05) is 18.4 Å². The predicted octanol–water partition coefficient (Wildman–Crippen LogP) is 1.48. The lowest BCUT2D eigenvalue weighted by Crippen LogP contribution is -2.17. The van der Waals surface area contributed by atoms with Crippen LogP contribution in [0, 0.1) is 18.3 Å². The van der Waals surface area contributed by atoms with Crippen LogP contribution in [0.5, 0.6) is 5.75 Å². The molecular formula is C18H18N4O4S. The quantitative estimate of drug-likeness (QED) is 0.336. The Balaban J connectivity index is 2.01. The second-order valence-electron chi connectivity index (χ2n) is 5.69. The molecular weight excluding hydrogens is 368 g/mol. The highest BCUT2D eigenvalue weighted by atomic mass is 32.2. The molecule has 0 aliphatic carbocycles. The van der Waals surface area contributed by atoms with E-state index in [0.29, 0.717) is 11.3 Å². The lowest BCUT2D eigenvalue weighted by molar-refractivity contribution is -0.112. The average Bonchev–Trinajstić information content (AvgIpc) is 2.60. The van der Waals surface area contributed by atoms with E-state index in [1.165, 1.54) is 36.5 Å². The van der Waals surface area contributed by atoms with Gasteiger partial charge in [0.2, 0.25) is 10.0 Å². The maximum atomic E-state index is 12.2. The van der Waals surface area contributed by atoms with Crippen LogP contribution in [-0.2, 0) is 21.4 Å². The number of carbonyl (C=O) groups excluding carboxylic acids is 1. The zero-order valence-electron chi connectivity index (χ0n) is 14.4. The Morgan fingerprint density at radius 1 is 1.26 bits per heavy atom. The number of benzene rings is 2. The third kappa shape index (κ3) is 5.57. The van der Waals surface area contributed by atoms with E-state index in [9.17, 15) is 23.6 Å². The Hall–Kier alpha value is -3.35. The van der Waals surface area contributed by atoms with Crippen LogP contribution in [-0.4, -0.2) is 19.4 Å². The molecule has 0 bridgehead atoms. The number of rotatable bonds is 6. The highest BCUT2D eigenvalue weighted by molar-refractivity contribution is 7.89. The summed E-state index contributed by atoms with van der Waals surface area (Å²) >= 11 is 0. The van der Waals surface area contributed by atoms with Crippen molar-refractivity contribution >= 4 is 21.6 Å². The molecule has 0 unspecified atom stereocenters. The molecule has 0 saturated carbocycles. The van der Waals surface area contributed by atoms with E-state index in [1.807, 2.05) is 6.07 Å². The van der Waals surface area contributed by atoms with Gasteiger partial charge in [0.05, 0.1) is 4.90 Å². The number of sulfonamides is 1. The van der Waals surface area contributed by atoms with Crippen LogP contribution in [0.2, 0.25) is 0 Å². The molecule has 0 spiro atoms. The van der Waals surface area contributed by atoms with Crippen molar-refractivity contribution in [3.8, 4) is 11.8 Å². The molecule has 5 N–H and O–H groups in total. The first-order valence-corrected chi connectivity index (χ1v) is 9.31. The third-order valence-electron chi connectivity index (χ3n) is 3.63. The van der Waals surface area contributed by atoms with E-state index >= 15 is 0 Å². The smallest absolute Gasteiger partial charge is 0.267 e. The van der Waals surface area contributed by atoms with Gasteiger partial charge in [-0.15, -0.1) is 0 Å². The Labute approximate surface area is 157 Å². The number of nitriles is 1. The SMILES string of the molecule is Cc1cc(O)ccc1NC(=O)/C(C#N)=C\NCc1ccc(S(N)(=O)=O)cc1. The molecule has 8 nitrogen and oxygen atoms in total. The number of nitrogens with one attached hydrogen (secondary N) is 2. The number of nitrogens with two attached hydrogens (primary N) is 1. The fourth-order valence-corrected chi connectivity index (χ4v) is 2.71. The zero-order valence-corrected chi connectivity index (χ0v) is 15.2. The molecule has 27 heavy (non-hydrogen) atoms. The Morgan fingerprint density at radius 3 is 2.48 bits per heavy atom. The largest absolute Gasteiger partial charge is 0.508 e. The first kappa shape index (κ1) is 20.0. The van der Waals surface area contributed by atoms with Crippen molar-refractivity contribution in [2.45, 2.75) is 18.4 Å². The monoisotopic (exact) mass is 386 g/mol. The van der Waals surface area contributed by atoms with Crippen molar-refractivity contribution in [1.82, 2.24) is 5.32 Å². The number of phenolic OH excluding ortho intramolecular Hbond substituents is 1. The van der Waals surface area contributed by atoms with Crippen LogP contribution in [0.15, 0.2) is 59.1 Å². The minimum Gasteiger partial charge on any atom is -0.508 e. The standard InChI is InChI=1S/C18H18N4O4S/c1-12-8-15(23)4-7-17(12)22-18(24)14(9-19)11-21-10-13-2-5-16(6-3-13)27(20,25)26/h2-8,11,21,23H,10H2,1H3,(H,22,24)(H2,20,25,26)/b14-11-. The fourth-order valence-electron chi connectivity index (χ4n) is 2.19. The van der Waals surface area contributed by atoms with Gasteiger partial charge in [-0.05, 0) is 48.4 Å². The number of aromatic hydroxyl groups is 1.